The fraction of sp³-hybridized carbons (Fsp3) is 0.750. The van der Waals surface area contributed by atoms with Crippen molar-refractivity contribution < 1.29 is 19.8 Å². The molecule has 2 atom stereocenters. The van der Waals surface area contributed by atoms with Gasteiger partial charge in [0.15, 0.2) is 0 Å². The Morgan fingerprint density at radius 2 is 1.29 bits per heavy atom. The lowest BCUT2D eigenvalue weighted by Crippen LogP contribution is -2.30. The number of hydrogen-bond donors (Lipinski definition) is 4. The summed E-state index contributed by atoms with van der Waals surface area (Å²) in [7, 11) is 4.51. The van der Waals surface area contributed by atoms with E-state index in [9.17, 15) is 9.59 Å². The average molecular weight is 300 g/mol. The maximum atomic E-state index is 10.4. The van der Waals surface area contributed by atoms with Gasteiger partial charge in [0.25, 0.3) is 0 Å². The van der Waals surface area contributed by atoms with Gasteiger partial charge in [0.2, 0.25) is 0 Å². The van der Waals surface area contributed by atoms with Crippen molar-refractivity contribution in [2.24, 2.45) is 11.5 Å². The largest absolute Gasteiger partial charge is 0.480 e. The van der Waals surface area contributed by atoms with Gasteiger partial charge in [-0.15, -0.1) is 0 Å². The zero-order valence-corrected chi connectivity index (χ0v) is 11.5. The quantitative estimate of drug-likeness (QED) is 0.339. The highest BCUT2D eigenvalue weighted by atomic mass is 33.5. The van der Waals surface area contributed by atoms with Crippen molar-refractivity contribution in [1.29, 1.82) is 0 Å². The van der Waals surface area contributed by atoms with E-state index < -0.39 is 24.0 Å². The van der Waals surface area contributed by atoms with Gasteiger partial charge in [-0.1, -0.05) is 21.6 Å². The molecule has 0 aromatic rings. The third-order valence-electron chi connectivity index (χ3n) is 1.75. The predicted octanol–water partition coefficient (Wildman–Crippen LogP) is 0.620. The van der Waals surface area contributed by atoms with E-state index in [4.69, 9.17) is 21.7 Å². The Morgan fingerprint density at radius 1 is 0.941 bits per heavy atom. The van der Waals surface area contributed by atoms with Gasteiger partial charge in [-0.05, 0) is 22.7 Å². The second-order valence-electron chi connectivity index (χ2n) is 3.18. The minimum absolute atomic E-state index is 0.419. The van der Waals surface area contributed by atoms with Crippen LogP contribution in [0.2, 0.25) is 0 Å². The zero-order valence-electron chi connectivity index (χ0n) is 9.07. The zero-order chi connectivity index (χ0) is 13.3. The average Bonchev–Trinajstić information content (AvgIpc) is 2.26. The minimum Gasteiger partial charge on any atom is -0.480 e. The molecule has 0 bridgehead atoms. The van der Waals surface area contributed by atoms with Crippen LogP contribution >= 0.6 is 31.4 Å². The molecule has 9 heteroatoms. The third kappa shape index (κ3) is 9.60. The van der Waals surface area contributed by atoms with E-state index >= 15 is 0 Å². The Labute approximate surface area is 111 Å². The van der Waals surface area contributed by atoms with Crippen molar-refractivity contribution in [2.75, 3.05) is 11.5 Å². The van der Waals surface area contributed by atoms with Crippen LogP contribution in [0.5, 0.6) is 0 Å². The second-order valence-corrected chi connectivity index (χ2v) is 7.65. The lowest BCUT2D eigenvalue weighted by Gasteiger charge is -2.06. The molecule has 0 aromatic carbocycles. The molecular weight excluding hydrogens is 284 g/mol. The maximum absolute atomic E-state index is 10.4. The van der Waals surface area contributed by atoms with Crippen LogP contribution in [0.4, 0.5) is 0 Å². The highest BCUT2D eigenvalue weighted by Crippen LogP contribution is 2.35. The third-order valence-corrected chi connectivity index (χ3v) is 6.06. The highest BCUT2D eigenvalue weighted by molar-refractivity contribution is 9.09. The van der Waals surface area contributed by atoms with E-state index in [1.165, 1.54) is 31.4 Å². The Hall–Kier alpha value is -0.0900. The fourth-order valence-corrected chi connectivity index (χ4v) is 4.63. The van der Waals surface area contributed by atoms with Gasteiger partial charge >= 0.3 is 11.9 Å². The van der Waals surface area contributed by atoms with E-state index in [1.807, 2.05) is 0 Å². The summed E-state index contributed by atoms with van der Waals surface area (Å²) in [5.74, 6) is -0.682. The van der Waals surface area contributed by atoms with Gasteiger partial charge in [0.1, 0.15) is 12.1 Å². The molecule has 0 aliphatic carbocycles. The molecule has 0 aliphatic rings. The highest BCUT2D eigenvalue weighted by Gasteiger charge is 2.11. The number of nitrogens with two attached hydrogens (primary N) is 2. The molecule has 0 aromatic heterocycles. The number of rotatable bonds is 10. The summed E-state index contributed by atoms with van der Waals surface area (Å²) in [5.41, 5.74) is 10.6. The molecule has 100 valence electrons. The van der Waals surface area contributed by atoms with E-state index in [2.05, 4.69) is 0 Å². The molecule has 0 saturated heterocycles. The summed E-state index contributed by atoms with van der Waals surface area (Å²) in [5, 5.41) is 17.0. The second kappa shape index (κ2) is 9.89. The van der Waals surface area contributed by atoms with Crippen molar-refractivity contribution in [3.63, 3.8) is 0 Å². The van der Waals surface area contributed by atoms with Crippen LogP contribution in [0.25, 0.3) is 0 Å². The van der Waals surface area contributed by atoms with E-state index in [0.29, 0.717) is 24.3 Å². The maximum Gasteiger partial charge on any atom is 0.320 e. The SMILES string of the molecule is NC(CCSSSCCC(N)C(=O)O)C(=O)O. The summed E-state index contributed by atoms with van der Waals surface area (Å²) >= 11 is 0. The standard InChI is InChI=1S/C8H16N2O4S3/c9-5(7(11)12)1-3-15-17-16-4-2-6(10)8(13)14/h5-6H,1-4,9-10H2,(H,11,12)(H,13,14). The molecule has 0 fully saturated rings. The first-order valence-corrected chi connectivity index (χ1v) is 8.65. The summed E-state index contributed by atoms with van der Waals surface area (Å²) in [4.78, 5) is 20.8. The Morgan fingerprint density at radius 3 is 1.59 bits per heavy atom. The Kier molecular flexibility index (Phi) is 9.84. The van der Waals surface area contributed by atoms with Crippen LogP contribution in [-0.4, -0.2) is 45.7 Å². The van der Waals surface area contributed by atoms with E-state index in [-0.39, 0.29) is 0 Å². The summed E-state index contributed by atoms with van der Waals surface area (Å²) < 4.78 is 0. The van der Waals surface area contributed by atoms with Crippen LogP contribution in [0.1, 0.15) is 12.8 Å². The number of hydrogen-bond acceptors (Lipinski definition) is 7. The molecule has 0 spiro atoms. The van der Waals surface area contributed by atoms with Gasteiger partial charge in [-0.25, -0.2) is 0 Å². The van der Waals surface area contributed by atoms with E-state index in [0.717, 1.165) is 0 Å². The van der Waals surface area contributed by atoms with Crippen molar-refractivity contribution in [2.45, 2.75) is 24.9 Å². The van der Waals surface area contributed by atoms with Gasteiger partial charge in [0.05, 0.1) is 0 Å². The van der Waals surface area contributed by atoms with Crippen LogP contribution in [0.3, 0.4) is 0 Å². The van der Waals surface area contributed by atoms with Gasteiger partial charge in [-0.3, -0.25) is 9.59 Å². The summed E-state index contributed by atoms with van der Waals surface area (Å²) in [6.45, 7) is 0. The monoisotopic (exact) mass is 300 g/mol. The molecule has 6 nitrogen and oxygen atoms in total. The lowest BCUT2D eigenvalue weighted by atomic mass is 10.2. The van der Waals surface area contributed by atoms with Crippen LogP contribution < -0.4 is 11.5 Å². The fourth-order valence-electron chi connectivity index (χ4n) is 0.699. The first-order valence-electron chi connectivity index (χ1n) is 4.83. The molecule has 0 heterocycles. The van der Waals surface area contributed by atoms with Crippen molar-refractivity contribution >= 4 is 43.4 Å². The van der Waals surface area contributed by atoms with Gasteiger partial charge in [-0.2, -0.15) is 0 Å². The van der Waals surface area contributed by atoms with Gasteiger partial charge in [0, 0.05) is 11.5 Å². The number of carbonyl (C=O) groups is 2. The Balaban J connectivity index is 3.30. The number of aliphatic carboxylic acids is 2. The summed E-state index contributed by atoms with van der Waals surface area (Å²) in [6.07, 6.45) is 0.838. The van der Waals surface area contributed by atoms with Crippen molar-refractivity contribution in [3.8, 4) is 0 Å². The van der Waals surface area contributed by atoms with Crippen LogP contribution in [0.15, 0.2) is 0 Å². The molecule has 0 saturated carbocycles. The van der Waals surface area contributed by atoms with E-state index in [1.54, 1.807) is 0 Å². The summed E-state index contributed by atoms with van der Waals surface area (Å²) in [6, 6.07) is -1.62. The molecule has 0 amide bonds. The molecule has 17 heavy (non-hydrogen) atoms. The minimum atomic E-state index is -0.990. The van der Waals surface area contributed by atoms with Crippen molar-refractivity contribution in [1.82, 2.24) is 0 Å². The normalized spacial score (nSPS) is 14.2. The smallest absolute Gasteiger partial charge is 0.320 e. The molecule has 2 unspecified atom stereocenters. The van der Waals surface area contributed by atoms with Gasteiger partial charge < -0.3 is 21.7 Å². The predicted molar refractivity (Wildman–Crippen MR) is 73.0 cm³/mol. The molecular formula is C8H16N2O4S3. The van der Waals surface area contributed by atoms with Crippen molar-refractivity contribution in [3.05, 3.63) is 0 Å². The molecule has 0 rings (SSSR count). The molecule has 0 radical (unpaired) electrons. The van der Waals surface area contributed by atoms with Crippen LogP contribution in [0, 0.1) is 0 Å². The van der Waals surface area contributed by atoms with Crippen LogP contribution in [-0.2, 0) is 9.59 Å². The molecule has 6 N–H and O–H groups in total. The Bertz CT molecular complexity index is 231. The topological polar surface area (TPSA) is 127 Å². The number of carboxylic acids is 2. The first-order chi connectivity index (χ1) is 7.95. The number of carboxylic acid groups (broad SMARTS) is 2. The first kappa shape index (κ1) is 16.9. The molecule has 0 aliphatic heterocycles. The lowest BCUT2D eigenvalue weighted by molar-refractivity contribution is -0.139.